The molecule has 1 N–H and O–H groups in total. The molecule has 2 aromatic carbocycles. The number of hydrogen-bond acceptors (Lipinski definition) is 3. The predicted molar refractivity (Wildman–Crippen MR) is 78.3 cm³/mol. The van der Waals surface area contributed by atoms with Crippen LogP contribution in [0.5, 0.6) is 5.75 Å². The maximum absolute atomic E-state index is 13.4. The van der Waals surface area contributed by atoms with E-state index < -0.39 is 15.8 Å². The van der Waals surface area contributed by atoms with Crippen LogP contribution in [-0.4, -0.2) is 21.6 Å². The molecule has 0 unspecified atom stereocenters. The highest BCUT2D eigenvalue weighted by molar-refractivity contribution is 7.89. The molecule has 0 aliphatic heterocycles. The lowest BCUT2D eigenvalue weighted by Gasteiger charge is -2.09. The number of nitrogens with one attached hydrogen (secondary N) is 1. The van der Waals surface area contributed by atoms with Gasteiger partial charge in [0.2, 0.25) is 10.0 Å². The zero-order chi connectivity index (χ0) is 15.3. The van der Waals surface area contributed by atoms with E-state index in [4.69, 9.17) is 4.74 Å². The fourth-order valence-electron chi connectivity index (χ4n) is 1.72. The Kier molecular flexibility index (Phi) is 4.93. The molecule has 0 bridgehead atoms. The van der Waals surface area contributed by atoms with E-state index in [1.165, 1.54) is 18.2 Å². The van der Waals surface area contributed by atoms with Crippen LogP contribution in [0.15, 0.2) is 53.4 Å². The lowest BCUT2D eigenvalue weighted by atomic mass is 10.2. The van der Waals surface area contributed by atoms with E-state index >= 15 is 0 Å². The Balaban J connectivity index is 1.88. The molecule has 2 aromatic rings. The maximum Gasteiger partial charge on any atom is 0.243 e. The SMILES string of the molecule is Cc1ccc(OCCNS(=O)(=O)c2ccccc2F)cc1. The Morgan fingerprint density at radius 3 is 2.43 bits per heavy atom. The Labute approximate surface area is 123 Å². The molecular weight excluding hydrogens is 293 g/mol. The van der Waals surface area contributed by atoms with Gasteiger partial charge in [0.1, 0.15) is 23.1 Å². The molecule has 0 saturated carbocycles. The third-order valence-corrected chi connectivity index (χ3v) is 4.30. The van der Waals surface area contributed by atoms with Crippen LogP contribution in [0, 0.1) is 12.7 Å². The molecule has 0 aliphatic rings. The highest BCUT2D eigenvalue weighted by Crippen LogP contribution is 2.13. The topological polar surface area (TPSA) is 55.4 Å². The molecule has 0 aromatic heterocycles. The van der Waals surface area contributed by atoms with E-state index in [9.17, 15) is 12.8 Å². The van der Waals surface area contributed by atoms with Crippen LogP contribution in [0.25, 0.3) is 0 Å². The first-order valence-corrected chi connectivity index (χ1v) is 7.91. The van der Waals surface area contributed by atoms with Crippen LogP contribution in [-0.2, 0) is 10.0 Å². The molecule has 6 heteroatoms. The second-order valence-corrected chi connectivity index (χ2v) is 6.23. The van der Waals surface area contributed by atoms with Crippen molar-refractivity contribution in [3.05, 3.63) is 59.9 Å². The van der Waals surface area contributed by atoms with Crippen molar-refractivity contribution < 1.29 is 17.5 Å². The monoisotopic (exact) mass is 309 g/mol. The van der Waals surface area contributed by atoms with Crippen LogP contribution in [0.2, 0.25) is 0 Å². The van der Waals surface area contributed by atoms with Gasteiger partial charge in [0.25, 0.3) is 0 Å². The fourth-order valence-corrected chi connectivity index (χ4v) is 2.81. The van der Waals surface area contributed by atoms with Gasteiger partial charge in [0.05, 0.1) is 0 Å². The van der Waals surface area contributed by atoms with E-state index in [0.29, 0.717) is 5.75 Å². The van der Waals surface area contributed by atoms with Gasteiger partial charge >= 0.3 is 0 Å². The Morgan fingerprint density at radius 2 is 1.76 bits per heavy atom. The average molecular weight is 309 g/mol. The van der Waals surface area contributed by atoms with Gasteiger partial charge in [-0.2, -0.15) is 0 Å². The van der Waals surface area contributed by atoms with Crippen LogP contribution in [0.1, 0.15) is 5.56 Å². The van der Waals surface area contributed by atoms with Crippen LogP contribution in [0.4, 0.5) is 4.39 Å². The molecule has 112 valence electrons. The van der Waals surface area contributed by atoms with E-state index in [1.54, 1.807) is 12.1 Å². The van der Waals surface area contributed by atoms with E-state index in [0.717, 1.165) is 11.6 Å². The van der Waals surface area contributed by atoms with Crippen LogP contribution in [0.3, 0.4) is 0 Å². The first kappa shape index (κ1) is 15.5. The first-order valence-electron chi connectivity index (χ1n) is 6.43. The summed E-state index contributed by atoms with van der Waals surface area (Å²) in [6.45, 7) is 2.19. The largest absolute Gasteiger partial charge is 0.492 e. The quantitative estimate of drug-likeness (QED) is 0.834. The molecular formula is C15H16FNO3S. The summed E-state index contributed by atoms with van der Waals surface area (Å²) in [5.41, 5.74) is 1.11. The van der Waals surface area contributed by atoms with Crippen molar-refractivity contribution in [2.75, 3.05) is 13.2 Å². The van der Waals surface area contributed by atoms with Gasteiger partial charge in [0, 0.05) is 6.54 Å². The van der Waals surface area contributed by atoms with Gasteiger partial charge in [-0.3, -0.25) is 0 Å². The highest BCUT2D eigenvalue weighted by atomic mass is 32.2. The summed E-state index contributed by atoms with van der Waals surface area (Å²) in [4.78, 5) is -0.361. The van der Waals surface area contributed by atoms with Crippen molar-refractivity contribution in [3.8, 4) is 5.75 Å². The number of rotatable bonds is 6. The minimum atomic E-state index is -3.86. The molecule has 2 rings (SSSR count). The summed E-state index contributed by atoms with van der Waals surface area (Å²) in [5, 5.41) is 0. The molecule has 0 saturated heterocycles. The molecule has 4 nitrogen and oxygen atoms in total. The number of halogens is 1. The van der Waals surface area contributed by atoms with Crippen LogP contribution >= 0.6 is 0 Å². The smallest absolute Gasteiger partial charge is 0.243 e. The zero-order valence-corrected chi connectivity index (χ0v) is 12.4. The molecule has 0 heterocycles. The normalized spacial score (nSPS) is 11.3. The highest BCUT2D eigenvalue weighted by Gasteiger charge is 2.17. The second-order valence-electron chi connectivity index (χ2n) is 4.49. The summed E-state index contributed by atoms with van der Waals surface area (Å²) < 4.78 is 45.0. The van der Waals surface area contributed by atoms with E-state index in [2.05, 4.69) is 4.72 Å². The van der Waals surface area contributed by atoms with Crippen LogP contribution < -0.4 is 9.46 Å². The minimum absolute atomic E-state index is 0.0601. The Morgan fingerprint density at radius 1 is 1.10 bits per heavy atom. The Bertz CT molecular complexity index is 699. The molecule has 0 radical (unpaired) electrons. The average Bonchev–Trinajstić information content (AvgIpc) is 2.46. The van der Waals surface area contributed by atoms with Gasteiger partial charge in [-0.05, 0) is 31.2 Å². The number of aryl methyl sites for hydroxylation is 1. The van der Waals surface area contributed by atoms with E-state index in [-0.39, 0.29) is 18.0 Å². The third kappa shape index (κ3) is 4.27. The van der Waals surface area contributed by atoms with Gasteiger partial charge in [-0.15, -0.1) is 0 Å². The van der Waals surface area contributed by atoms with Crippen molar-refractivity contribution in [2.24, 2.45) is 0 Å². The Hall–Kier alpha value is -1.92. The van der Waals surface area contributed by atoms with Crippen molar-refractivity contribution in [3.63, 3.8) is 0 Å². The molecule has 0 spiro atoms. The predicted octanol–water partition coefficient (Wildman–Crippen LogP) is 2.49. The summed E-state index contributed by atoms with van der Waals surface area (Å²) in [7, 11) is -3.86. The van der Waals surface area contributed by atoms with Gasteiger partial charge in [-0.1, -0.05) is 29.8 Å². The van der Waals surface area contributed by atoms with Crippen molar-refractivity contribution >= 4 is 10.0 Å². The minimum Gasteiger partial charge on any atom is -0.492 e. The zero-order valence-electron chi connectivity index (χ0n) is 11.5. The summed E-state index contributed by atoms with van der Waals surface area (Å²) in [5.74, 6) is -0.116. The van der Waals surface area contributed by atoms with Crippen molar-refractivity contribution in [2.45, 2.75) is 11.8 Å². The lowest BCUT2D eigenvalue weighted by molar-refractivity contribution is 0.322. The fraction of sp³-hybridized carbons (Fsp3) is 0.200. The molecule has 21 heavy (non-hydrogen) atoms. The van der Waals surface area contributed by atoms with Crippen molar-refractivity contribution in [1.82, 2.24) is 4.72 Å². The third-order valence-electron chi connectivity index (χ3n) is 2.81. The van der Waals surface area contributed by atoms with Gasteiger partial charge in [0.15, 0.2) is 0 Å². The number of ether oxygens (including phenoxy) is 1. The number of benzene rings is 2. The second kappa shape index (κ2) is 6.69. The summed E-state index contributed by atoms with van der Waals surface area (Å²) >= 11 is 0. The first-order chi connectivity index (χ1) is 9.99. The van der Waals surface area contributed by atoms with Gasteiger partial charge < -0.3 is 4.74 Å². The van der Waals surface area contributed by atoms with Gasteiger partial charge in [-0.25, -0.2) is 17.5 Å². The molecule has 0 atom stereocenters. The molecule has 0 fully saturated rings. The number of hydrogen-bond donors (Lipinski definition) is 1. The van der Waals surface area contributed by atoms with E-state index in [1.807, 2.05) is 19.1 Å². The van der Waals surface area contributed by atoms with Crippen molar-refractivity contribution in [1.29, 1.82) is 0 Å². The standard InChI is InChI=1S/C15H16FNO3S/c1-12-6-8-13(9-7-12)20-11-10-17-21(18,19)15-5-3-2-4-14(15)16/h2-9,17H,10-11H2,1H3. The molecule has 0 aliphatic carbocycles. The summed E-state index contributed by atoms with van der Waals surface area (Å²) in [6.07, 6.45) is 0. The number of sulfonamides is 1. The summed E-state index contributed by atoms with van der Waals surface area (Å²) in [6, 6.07) is 12.7. The lowest BCUT2D eigenvalue weighted by Crippen LogP contribution is -2.28. The molecule has 0 amide bonds. The maximum atomic E-state index is 13.4.